The van der Waals surface area contributed by atoms with Gasteiger partial charge in [-0.3, -0.25) is 4.79 Å². The highest BCUT2D eigenvalue weighted by Crippen LogP contribution is 2.36. The Balaban J connectivity index is 1.81. The van der Waals surface area contributed by atoms with Gasteiger partial charge in [0.25, 0.3) is 0 Å². The lowest BCUT2D eigenvalue weighted by Gasteiger charge is -2.33. The number of hydrogen-bond donors (Lipinski definition) is 1. The standard InChI is InChI=1S/C18H19N5O/c1-12(24)13-3-2-6-23(10-13)16-4-5-21-18-17(16)15(9-22-18)14-7-19-11-20-8-14/h4-5,7-9,11,13H,2-3,6,10H2,1H3,(H,21,22). The maximum atomic E-state index is 11.8. The minimum absolute atomic E-state index is 0.115. The number of Topliss-reactive ketones (excluding diaryl/α,β-unsaturated/α-hetero) is 1. The minimum Gasteiger partial charge on any atom is -0.370 e. The van der Waals surface area contributed by atoms with Gasteiger partial charge in [0.2, 0.25) is 0 Å². The normalized spacial score (nSPS) is 18.0. The average Bonchev–Trinajstić information content (AvgIpc) is 3.07. The molecule has 1 N–H and O–H groups in total. The molecule has 0 aliphatic carbocycles. The third-order valence-corrected chi connectivity index (χ3v) is 4.76. The van der Waals surface area contributed by atoms with E-state index in [9.17, 15) is 4.79 Å². The molecule has 3 aromatic rings. The maximum absolute atomic E-state index is 11.8. The van der Waals surface area contributed by atoms with Gasteiger partial charge in [-0.25, -0.2) is 15.0 Å². The quantitative estimate of drug-likeness (QED) is 0.803. The molecule has 1 atom stereocenters. The predicted molar refractivity (Wildman–Crippen MR) is 92.7 cm³/mol. The number of aromatic nitrogens is 4. The molecule has 0 bridgehead atoms. The van der Waals surface area contributed by atoms with Crippen LogP contribution in [0.15, 0.2) is 37.2 Å². The van der Waals surface area contributed by atoms with Crippen LogP contribution >= 0.6 is 0 Å². The Labute approximate surface area is 140 Å². The molecule has 1 aliphatic heterocycles. The molecule has 6 nitrogen and oxygen atoms in total. The van der Waals surface area contributed by atoms with E-state index in [1.54, 1.807) is 19.3 Å². The molecule has 0 aromatic carbocycles. The third-order valence-electron chi connectivity index (χ3n) is 4.76. The molecule has 6 heteroatoms. The zero-order valence-corrected chi connectivity index (χ0v) is 13.6. The number of carbonyl (C=O) groups is 1. The molecule has 122 valence electrons. The lowest BCUT2D eigenvalue weighted by molar-refractivity contribution is -0.120. The Morgan fingerprint density at radius 2 is 2.17 bits per heavy atom. The third kappa shape index (κ3) is 2.54. The van der Waals surface area contributed by atoms with E-state index in [1.165, 1.54) is 6.33 Å². The molecule has 1 saturated heterocycles. The van der Waals surface area contributed by atoms with E-state index < -0.39 is 0 Å². The lowest BCUT2D eigenvalue weighted by Crippen LogP contribution is -2.38. The number of hydrogen-bond acceptors (Lipinski definition) is 5. The SMILES string of the molecule is CC(=O)C1CCCN(c2ccnc3[nH]cc(-c4cncnc4)c23)C1. The van der Waals surface area contributed by atoms with Crippen molar-refractivity contribution in [2.24, 2.45) is 5.92 Å². The second-order valence-electron chi connectivity index (χ2n) is 6.28. The summed E-state index contributed by atoms with van der Waals surface area (Å²) in [5.41, 5.74) is 3.96. The molecule has 3 aromatic heterocycles. The summed E-state index contributed by atoms with van der Waals surface area (Å²) in [6.07, 6.45) is 10.9. The van der Waals surface area contributed by atoms with Crippen molar-refractivity contribution in [3.8, 4) is 11.1 Å². The number of fused-ring (bicyclic) bond motifs is 1. The van der Waals surface area contributed by atoms with E-state index in [-0.39, 0.29) is 11.7 Å². The van der Waals surface area contributed by atoms with Crippen LogP contribution in [0.5, 0.6) is 0 Å². The molecule has 0 radical (unpaired) electrons. The van der Waals surface area contributed by atoms with Crippen molar-refractivity contribution < 1.29 is 4.79 Å². The van der Waals surface area contributed by atoms with Gasteiger partial charge in [0.1, 0.15) is 17.8 Å². The summed E-state index contributed by atoms with van der Waals surface area (Å²) in [4.78, 5) is 30.1. The molecule has 24 heavy (non-hydrogen) atoms. The summed E-state index contributed by atoms with van der Waals surface area (Å²) in [5.74, 6) is 0.389. The van der Waals surface area contributed by atoms with Crippen LogP contribution < -0.4 is 4.90 Å². The smallest absolute Gasteiger partial charge is 0.139 e. The van der Waals surface area contributed by atoms with Crippen LogP contribution in [0.3, 0.4) is 0 Å². The van der Waals surface area contributed by atoms with Crippen LogP contribution in [0.4, 0.5) is 5.69 Å². The summed E-state index contributed by atoms with van der Waals surface area (Å²) in [6.45, 7) is 3.42. The fourth-order valence-electron chi connectivity index (χ4n) is 3.50. The predicted octanol–water partition coefficient (Wildman–Crippen LogP) is 2.83. The van der Waals surface area contributed by atoms with Gasteiger partial charge in [0.15, 0.2) is 0 Å². The Morgan fingerprint density at radius 1 is 1.33 bits per heavy atom. The van der Waals surface area contributed by atoms with E-state index in [0.29, 0.717) is 0 Å². The van der Waals surface area contributed by atoms with Gasteiger partial charge in [-0.05, 0) is 25.8 Å². The highest BCUT2D eigenvalue weighted by Gasteiger charge is 2.25. The van der Waals surface area contributed by atoms with Crippen molar-refractivity contribution in [3.63, 3.8) is 0 Å². The fourth-order valence-corrected chi connectivity index (χ4v) is 3.50. The van der Waals surface area contributed by atoms with Crippen LogP contribution in [0.1, 0.15) is 19.8 Å². The number of nitrogens with zero attached hydrogens (tertiary/aromatic N) is 4. The number of anilines is 1. The van der Waals surface area contributed by atoms with Crippen LogP contribution in [0, 0.1) is 5.92 Å². The molecule has 1 unspecified atom stereocenters. The lowest BCUT2D eigenvalue weighted by atomic mass is 9.94. The van der Waals surface area contributed by atoms with Gasteiger partial charge in [0, 0.05) is 60.6 Å². The van der Waals surface area contributed by atoms with Gasteiger partial charge >= 0.3 is 0 Å². The topological polar surface area (TPSA) is 74.8 Å². The highest BCUT2D eigenvalue weighted by atomic mass is 16.1. The van der Waals surface area contributed by atoms with E-state index in [0.717, 1.165) is 53.8 Å². The number of nitrogens with one attached hydrogen (secondary N) is 1. The van der Waals surface area contributed by atoms with Crippen LogP contribution in [-0.4, -0.2) is 38.8 Å². The van der Waals surface area contributed by atoms with Gasteiger partial charge in [-0.15, -0.1) is 0 Å². The summed E-state index contributed by atoms with van der Waals surface area (Å²) in [6, 6.07) is 2.03. The first kappa shape index (κ1) is 14.8. The molecular weight excluding hydrogens is 302 g/mol. The number of carbonyl (C=O) groups excluding carboxylic acids is 1. The zero-order valence-electron chi connectivity index (χ0n) is 13.6. The molecular formula is C18H19N5O. The maximum Gasteiger partial charge on any atom is 0.139 e. The number of rotatable bonds is 3. The second-order valence-corrected chi connectivity index (χ2v) is 6.28. The van der Waals surface area contributed by atoms with Gasteiger partial charge in [-0.2, -0.15) is 0 Å². The number of H-pyrrole nitrogens is 1. The first-order chi connectivity index (χ1) is 11.7. The van der Waals surface area contributed by atoms with E-state index >= 15 is 0 Å². The number of ketones is 1. The van der Waals surface area contributed by atoms with Crippen molar-refractivity contribution in [3.05, 3.63) is 37.2 Å². The summed E-state index contributed by atoms with van der Waals surface area (Å²) >= 11 is 0. The van der Waals surface area contributed by atoms with Gasteiger partial charge in [-0.1, -0.05) is 0 Å². The number of pyridine rings is 1. The van der Waals surface area contributed by atoms with Crippen molar-refractivity contribution in [2.45, 2.75) is 19.8 Å². The zero-order chi connectivity index (χ0) is 16.5. The summed E-state index contributed by atoms with van der Waals surface area (Å²) in [7, 11) is 0. The first-order valence-corrected chi connectivity index (χ1v) is 8.21. The molecule has 0 amide bonds. The first-order valence-electron chi connectivity index (χ1n) is 8.21. The molecule has 4 heterocycles. The van der Waals surface area contributed by atoms with Crippen LogP contribution in [0.25, 0.3) is 22.2 Å². The molecule has 1 fully saturated rings. The Kier molecular flexibility index (Phi) is 3.72. The number of piperidine rings is 1. The van der Waals surface area contributed by atoms with Crippen molar-refractivity contribution in [2.75, 3.05) is 18.0 Å². The van der Waals surface area contributed by atoms with E-state index in [4.69, 9.17) is 0 Å². The molecule has 0 spiro atoms. The van der Waals surface area contributed by atoms with Crippen molar-refractivity contribution in [1.82, 2.24) is 19.9 Å². The Morgan fingerprint density at radius 3 is 2.96 bits per heavy atom. The highest BCUT2D eigenvalue weighted by molar-refractivity contribution is 6.02. The summed E-state index contributed by atoms with van der Waals surface area (Å²) in [5, 5.41) is 1.07. The molecule has 0 saturated carbocycles. The monoisotopic (exact) mass is 321 g/mol. The Bertz CT molecular complexity index is 874. The number of aromatic amines is 1. The van der Waals surface area contributed by atoms with Crippen molar-refractivity contribution >= 4 is 22.5 Å². The van der Waals surface area contributed by atoms with E-state index in [1.807, 2.05) is 18.5 Å². The molecule has 4 rings (SSSR count). The fraction of sp³-hybridized carbons (Fsp3) is 0.333. The second kappa shape index (κ2) is 6.03. The minimum atomic E-state index is 0.115. The largest absolute Gasteiger partial charge is 0.370 e. The summed E-state index contributed by atoms with van der Waals surface area (Å²) < 4.78 is 0. The van der Waals surface area contributed by atoms with Crippen molar-refractivity contribution in [1.29, 1.82) is 0 Å². The van der Waals surface area contributed by atoms with Crippen LogP contribution in [0.2, 0.25) is 0 Å². The average molecular weight is 321 g/mol. The molecule has 1 aliphatic rings. The van der Waals surface area contributed by atoms with Gasteiger partial charge < -0.3 is 9.88 Å². The van der Waals surface area contributed by atoms with E-state index in [2.05, 4.69) is 24.8 Å². The Hall–Kier alpha value is -2.76. The van der Waals surface area contributed by atoms with Crippen LogP contribution in [-0.2, 0) is 4.79 Å². The van der Waals surface area contributed by atoms with Gasteiger partial charge in [0.05, 0.1) is 5.39 Å².